The van der Waals surface area contributed by atoms with Crippen molar-refractivity contribution in [1.82, 2.24) is 4.90 Å². The molecule has 0 heterocycles. The summed E-state index contributed by atoms with van der Waals surface area (Å²) >= 11 is 9.00. The fourth-order valence-electron chi connectivity index (χ4n) is 1.59. The van der Waals surface area contributed by atoms with E-state index in [9.17, 15) is 13.6 Å². The number of hydrogen-bond donors (Lipinski definition) is 0. The van der Waals surface area contributed by atoms with E-state index in [0.717, 1.165) is 10.5 Å². The standard InChI is InChI=1S/C12H13BrClF2NO/c1-8-4-9(6-10(14)5-8)12(18)17(3-2-13)7-11(15)16/h4-6,11H,2-3,7H2,1H3. The van der Waals surface area contributed by atoms with Crippen molar-refractivity contribution in [1.29, 1.82) is 0 Å². The molecule has 2 nitrogen and oxygen atoms in total. The molecule has 1 aromatic carbocycles. The average molecular weight is 341 g/mol. The summed E-state index contributed by atoms with van der Waals surface area (Å²) in [6.45, 7) is 1.45. The van der Waals surface area contributed by atoms with Crippen molar-refractivity contribution in [2.75, 3.05) is 18.4 Å². The molecular weight excluding hydrogens is 327 g/mol. The maximum atomic E-state index is 12.4. The number of amides is 1. The molecule has 0 aliphatic rings. The van der Waals surface area contributed by atoms with Gasteiger partial charge in [-0.25, -0.2) is 8.78 Å². The summed E-state index contributed by atoms with van der Waals surface area (Å²) in [5.41, 5.74) is 1.16. The molecule has 0 saturated carbocycles. The number of carbonyl (C=O) groups is 1. The molecule has 18 heavy (non-hydrogen) atoms. The molecule has 0 bridgehead atoms. The summed E-state index contributed by atoms with van der Waals surface area (Å²) < 4.78 is 24.8. The zero-order valence-electron chi connectivity index (χ0n) is 9.80. The smallest absolute Gasteiger partial charge is 0.255 e. The number of hydrogen-bond acceptors (Lipinski definition) is 1. The molecule has 0 unspecified atom stereocenters. The van der Waals surface area contributed by atoms with Gasteiger partial charge in [-0.1, -0.05) is 27.5 Å². The monoisotopic (exact) mass is 339 g/mol. The molecule has 0 saturated heterocycles. The first-order chi connectivity index (χ1) is 8.43. The first kappa shape index (κ1) is 15.4. The van der Waals surface area contributed by atoms with Crippen molar-refractivity contribution in [3.8, 4) is 0 Å². The second-order valence-corrected chi connectivity index (χ2v) is 5.08. The Labute approximate surface area is 118 Å². The fourth-order valence-corrected chi connectivity index (χ4v) is 2.30. The van der Waals surface area contributed by atoms with Crippen LogP contribution < -0.4 is 0 Å². The largest absolute Gasteiger partial charge is 0.332 e. The molecule has 6 heteroatoms. The number of nitrogens with zero attached hydrogens (tertiary/aromatic N) is 1. The maximum Gasteiger partial charge on any atom is 0.255 e. The van der Waals surface area contributed by atoms with E-state index in [1.54, 1.807) is 19.1 Å². The molecule has 0 aliphatic heterocycles. The van der Waals surface area contributed by atoms with E-state index in [0.29, 0.717) is 15.9 Å². The van der Waals surface area contributed by atoms with Gasteiger partial charge in [-0.05, 0) is 30.7 Å². The molecule has 100 valence electrons. The third kappa shape index (κ3) is 4.53. The van der Waals surface area contributed by atoms with E-state index in [2.05, 4.69) is 15.9 Å². The van der Waals surface area contributed by atoms with Crippen molar-refractivity contribution < 1.29 is 13.6 Å². The minimum absolute atomic E-state index is 0.231. The van der Waals surface area contributed by atoms with Gasteiger partial charge in [-0.15, -0.1) is 0 Å². The second kappa shape index (κ2) is 7.04. The van der Waals surface area contributed by atoms with Gasteiger partial charge in [-0.3, -0.25) is 4.79 Å². The predicted molar refractivity (Wildman–Crippen MR) is 71.9 cm³/mol. The van der Waals surface area contributed by atoms with E-state index >= 15 is 0 Å². The Kier molecular flexibility index (Phi) is 6.02. The molecule has 0 N–H and O–H groups in total. The number of aryl methyl sites for hydroxylation is 1. The van der Waals surface area contributed by atoms with E-state index < -0.39 is 18.9 Å². The molecular formula is C12H13BrClF2NO. The zero-order valence-corrected chi connectivity index (χ0v) is 12.1. The van der Waals surface area contributed by atoms with Gasteiger partial charge >= 0.3 is 0 Å². The van der Waals surface area contributed by atoms with Gasteiger partial charge in [-0.2, -0.15) is 0 Å². The van der Waals surface area contributed by atoms with Crippen LogP contribution in [0, 0.1) is 6.92 Å². The topological polar surface area (TPSA) is 20.3 Å². The molecule has 0 spiro atoms. The molecule has 0 radical (unpaired) electrons. The maximum absolute atomic E-state index is 12.4. The number of alkyl halides is 3. The summed E-state index contributed by atoms with van der Waals surface area (Å²) in [4.78, 5) is 13.2. The van der Waals surface area contributed by atoms with Gasteiger partial charge in [0.05, 0.1) is 6.54 Å². The van der Waals surface area contributed by atoms with Crippen LogP contribution in [0.4, 0.5) is 8.78 Å². The first-order valence-corrected chi connectivity index (χ1v) is 6.84. The summed E-state index contributed by atoms with van der Waals surface area (Å²) in [5, 5.41) is 0.875. The van der Waals surface area contributed by atoms with Crippen LogP contribution >= 0.6 is 27.5 Å². The highest BCUT2D eigenvalue weighted by Crippen LogP contribution is 2.16. The highest BCUT2D eigenvalue weighted by molar-refractivity contribution is 9.09. The third-order valence-electron chi connectivity index (χ3n) is 2.29. The number of benzene rings is 1. The molecule has 0 atom stereocenters. The number of carbonyl (C=O) groups excluding carboxylic acids is 1. The molecule has 1 rings (SSSR count). The van der Waals surface area contributed by atoms with Crippen molar-refractivity contribution in [3.05, 3.63) is 34.3 Å². The minimum Gasteiger partial charge on any atom is -0.332 e. The predicted octanol–water partition coefficient (Wildman–Crippen LogP) is 3.75. The van der Waals surface area contributed by atoms with Gasteiger partial charge < -0.3 is 4.90 Å². The first-order valence-electron chi connectivity index (χ1n) is 5.34. The number of rotatable bonds is 5. The Hall–Kier alpha value is -0.680. The van der Waals surface area contributed by atoms with E-state index in [4.69, 9.17) is 11.6 Å². The summed E-state index contributed by atoms with van der Waals surface area (Å²) in [6.07, 6.45) is -2.55. The Morgan fingerprint density at radius 2 is 2.11 bits per heavy atom. The lowest BCUT2D eigenvalue weighted by Gasteiger charge is -2.21. The summed E-state index contributed by atoms with van der Waals surface area (Å²) in [6, 6.07) is 4.84. The Morgan fingerprint density at radius 1 is 1.44 bits per heavy atom. The van der Waals surface area contributed by atoms with Crippen LogP contribution in [0.1, 0.15) is 15.9 Å². The van der Waals surface area contributed by atoms with Crippen molar-refractivity contribution in [2.24, 2.45) is 0 Å². The molecule has 1 amide bonds. The second-order valence-electron chi connectivity index (χ2n) is 3.85. The van der Waals surface area contributed by atoms with Crippen LogP contribution in [-0.4, -0.2) is 35.7 Å². The van der Waals surface area contributed by atoms with Gasteiger partial charge in [0.1, 0.15) is 0 Å². The quantitative estimate of drug-likeness (QED) is 0.748. The normalized spacial score (nSPS) is 10.8. The highest BCUT2D eigenvalue weighted by Gasteiger charge is 2.19. The minimum atomic E-state index is -2.55. The van der Waals surface area contributed by atoms with Crippen molar-refractivity contribution in [3.63, 3.8) is 0 Å². The highest BCUT2D eigenvalue weighted by atomic mass is 79.9. The van der Waals surface area contributed by atoms with Crippen LogP contribution in [0.3, 0.4) is 0 Å². The lowest BCUT2D eigenvalue weighted by molar-refractivity contribution is 0.0572. The van der Waals surface area contributed by atoms with E-state index in [1.165, 1.54) is 6.07 Å². The SMILES string of the molecule is Cc1cc(Cl)cc(C(=O)N(CCBr)CC(F)F)c1. The summed E-state index contributed by atoms with van der Waals surface area (Å²) in [5.74, 6) is -0.430. The van der Waals surface area contributed by atoms with E-state index in [-0.39, 0.29) is 6.54 Å². The van der Waals surface area contributed by atoms with Gasteiger partial charge in [0.25, 0.3) is 12.3 Å². The fraction of sp³-hybridized carbons (Fsp3) is 0.417. The Bertz CT molecular complexity index is 408. The number of halogens is 4. The molecule has 0 aromatic heterocycles. The molecule has 1 aromatic rings. The lowest BCUT2D eigenvalue weighted by Crippen LogP contribution is -2.36. The van der Waals surface area contributed by atoms with Crippen molar-refractivity contribution in [2.45, 2.75) is 13.3 Å². The van der Waals surface area contributed by atoms with Crippen LogP contribution in [0.2, 0.25) is 5.02 Å². The van der Waals surface area contributed by atoms with Crippen LogP contribution in [-0.2, 0) is 0 Å². The van der Waals surface area contributed by atoms with E-state index in [1.807, 2.05) is 0 Å². The molecule has 0 fully saturated rings. The summed E-state index contributed by atoms with van der Waals surface area (Å²) in [7, 11) is 0. The zero-order chi connectivity index (χ0) is 13.7. The third-order valence-corrected chi connectivity index (χ3v) is 2.86. The van der Waals surface area contributed by atoms with Gasteiger partial charge in [0, 0.05) is 22.5 Å². The Balaban J connectivity index is 2.93. The average Bonchev–Trinajstić information content (AvgIpc) is 2.25. The van der Waals surface area contributed by atoms with Crippen LogP contribution in [0.15, 0.2) is 18.2 Å². The van der Waals surface area contributed by atoms with Crippen LogP contribution in [0.5, 0.6) is 0 Å². The van der Waals surface area contributed by atoms with Gasteiger partial charge in [0.2, 0.25) is 0 Å². The van der Waals surface area contributed by atoms with Gasteiger partial charge in [0.15, 0.2) is 0 Å². The van der Waals surface area contributed by atoms with Crippen molar-refractivity contribution >= 4 is 33.4 Å². The molecule has 0 aliphatic carbocycles. The van der Waals surface area contributed by atoms with Crippen LogP contribution in [0.25, 0.3) is 0 Å². The lowest BCUT2D eigenvalue weighted by atomic mass is 10.1. The Morgan fingerprint density at radius 3 is 2.61 bits per heavy atom.